The minimum Gasteiger partial charge on any atom is -0.497 e. The third kappa shape index (κ3) is 8.46. The zero-order valence-electron chi connectivity index (χ0n) is 23.3. The van der Waals surface area contributed by atoms with Crippen LogP contribution in [0.2, 0.25) is 0 Å². The molecule has 0 saturated carbocycles. The van der Waals surface area contributed by atoms with Crippen LogP contribution in [0.15, 0.2) is 104 Å². The van der Waals surface area contributed by atoms with Crippen LogP contribution in [0.3, 0.4) is 0 Å². The summed E-state index contributed by atoms with van der Waals surface area (Å²) in [5.74, 6) is 1.49. The molecule has 0 bridgehead atoms. The van der Waals surface area contributed by atoms with Gasteiger partial charge in [-0.15, -0.1) is 0 Å². The monoisotopic (exact) mass is 545 g/mol. The first kappa shape index (κ1) is 30.5. The number of nitrogens with one attached hydrogen (secondary N) is 1. The van der Waals surface area contributed by atoms with Gasteiger partial charge in [-0.05, 0) is 60.2 Å². The highest BCUT2D eigenvalue weighted by Gasteiger charge is 2.37. The van der Waals surface area contributed by atoms with E-state index >= 15 is 0 Å². The zero-order valence-corrected chi connectivity index (χ0v) is 23.3. The van der Waals surface area contributed by atoms with E-state index in [9.17, 15) is 9.90 Å². The Morgan fingerprint density at radius 3 is 2.00 bits per heavy atom. The molecule has 0 spiro atoms. The van der Waals surface area contributed by atoms with Gasteiger partial charge in [0.2, 0.25) is 0 Å². The predicted octanol–water partition coefficient (Wildman–Crippen LogP) is 6.01. The standard InChI is InChI=1S/C33H39NO6/c1-4-5-6-10-24-39-32(36)34-23-21-29(35)22-25-40-33(26-11-8-7-9-12-26,27-13-17-30(37-2)18-14-27)28-15-19-31(38-3)20-16-28/h4-9,11-20,29,35H,1,10,21-25H2,2-3H3,(H,34,36)/b6-5+/t29-/m1/s1. The number of aliphatic hydroxyl groups excluding tert-OH is 1. The fourth-order valence-corrected chi connectivity index (χ4v) is 4.37. The summed E-state index contributed by atoms with van der Waals surface area (Å²) in [5.41, 5.74) is 1.85. The van der Waals surface area contributed by atoms with Crippen LogP contribution in [0, 0.1) is 0 Å². The zero-order chi connectivity index (χ0) is 28.6. The molecule has 0 aromatic heterocycles. The highest BCUT2D eigenvalue weighted by molar-refractivity contribution is 5.67. The van der Waals surface area contributed by atoms with Gasteiger partial charge in [-0.2, -0.15) is 0 Å². The van der Waals surface area contributed by atoms with Gasteiger partial charge in [-0.1, -0.05) is 79.4 Å². The smallest absolute Gasteiger partial charge is 0.407 e. The lowest BCUT2D eigenvalue weighted by Crippen LogP contribution is -2.34. The van der Waals surface area contributed by atoms with E-state index in [4.69, 9.17) is 18.9 Å². The lowest BCUT2D eigenvalue weighted by Gasteiger charge is -2.36. The molecule has 2 N–H and O–H groups in total. The molecular weight excluding hydrogens is 506 g/mol. The molecule has 0 aliphatic carbocycles. The van der Waals surface area contributed by atoms with Gasteiger partial charge in [0.05, 0.1) is 33.5 Å². The summed E-state index contributed by atoms with van der Waals surface area (Å²) < 4.78 is 22.7. The molecule has 3 aromatic carbocycles. The summed E-state index contributed by atoms with van der Waals surface area (Å²) in [6.07, 6.45) is 5.54. The van der Waals surface area contributed by atoms with Crippen molar-refractivity contribution in [2.45, 2.75) is 31.0 Å². The number of amides is 1. The average molecular weight is 546 g/mol. The third-order valence-electron chi connectivity index (χ3n) is 6.48. The van der Waals surface area contributed by atoms with Crippen molar-refractivity contribution >= 4 is 6.09 Å². The maximum absolute atomic E-state index is 11.9. The van der Waals surface area contributed by atoms with E-state index in [1.165, 1.54) is 0 Å². The van der Waals surface area contributed by atoms with Crippen LogP contribution in [-0.2, 0) is 15.1 Å². The van der Waals surface area contributed by atoms with Crippen LogP contribution in [0.5, 0.6) is 11.5 Å². The summed E-state index contributed by atoms with van der Waals surface area (Å²) >= 11 is 0. The fourth-order valence-electron chi connectivity index (χ4n) is 4.37. The lowest BCUT2D eigenvalue weighted by molar-refractivity contribution is -0.00622. The molecule has 1 atom stereocenters. The highest BCUT2D eigenvalue weighted by Crippen LogP contribution is 2.41. The molecule has 0 saturated heterocycles. The fraction of sp³-hybridized carbons (Fsp3) is 0.303. The Balaban J connectivity index is 1.73. The summed E-state index contributed by atoms with van der Waals surface area (Å²) in [7, 11) is 3.27. The van der Waals surface area contributed by atoms with Gasteiger partial charge in [0, 0.05) is 6.54 Å². The van der Waals surface area contributed by atoms with Gasteiger partial charge in [0.1, 0.15) is 17.1 Å². The Morgan fingerprint density at radius 2 is 1.45 bits per heavy atom. The van der Waals surface area contributed by atoms with E-state index in [1.807, 2.05) is 84.9 Å². The third-order valence-corrected chi connectivity index (χ3v) is 6.48. The number of carbonyl (C=O) groups excluding carboxylic acids is 1. The van der Waals surface area contributed by atoms with E-state index in [0.29, 0.717) is 25.8 Å². The van der Waals surface area contributed by atoms with Crippen molar-refractivity contribution in [2.24, 2.45) is 0 Å². The number of methoxy groups -OCH3 is 2. The normalized spacial score (nSPS) is 12.1. The number of carbonyl (C=O) groups is 1. The van der Waals surface area contributed by atoms with E-state index in [-0.39, 0.29) is 13.2 Å². The summed E-state index contributed by atoms with van der Waals surface area (Å²) in [6.45, 7) is 4.44. The first-order valence-electron chi connectivity index (χ1n) is 13.4. The molecule has 7 nitrogen and oxygen atoms in total. The number of hydrogen-bond acceptors (Lipinski definition) is 6. The van der Waals surface area contributed by atoms with Crippen molar-refractivity contribution in [2.75, 3.05) is 34.0 Å². The van der Waals surface area contributed by atoms with Crippen molar-refractivity contribution in [1.29, 1.82) is 0 Å². The van der Waals surface area contributed by atoms with Crippen molar-refractivity contribution < 1.29 is 28.8 Å². The van der Waals surface area contributed by atoms with Gasteiger partial charge in [0.15, 0.2) is 0 Å². The lowest BCUT2D eigenvalue weighted by atomic mass is 9.80. The number of rotatable bonds is 16. The van der Waals surface area contributed by atoms with Gasteiger partial charge in [-0.25, -0.2) is 4.79 Å². The first-order chi connectivity index (χ1) is 19.5. The van der Waals surface area contributed by atoms with Crippen LogP contribution in [0.25, 0.3) is 0 Å². The van der Waals surface area contributed by atoms with E-state index in [2.05, 4.69) is 11.9 Å². The second-order valence-corrected chi connectivity index (χ2v) is 9.10. The Morgan fingerprint density at radius 1 is 0.875 bits per heavy atom. The van der Waals surface area contributed by atoms with Crippen molar-refractivity contribution in [3.63, 3.8) is 0 Å². The predicted molar refractivity (Wildman–Crippen MR) is 157 cm³/mol. The van der Waals surface area contributed by atoms with Crippen LogP contribution < -0.4 is 14.8 Å². The summed E-state index contributed by atoms with van der Waals surface area (Å²) in [4.78, 5) is 11.9. The minimum atomic E-state index is -0.943. The van der Waals surface area contributed by atoms with Gasteiger partial charge >= 0.3 is 6.09 Å². The molecule has 7 heteroatoms. The maximum atomic E-state index is 11.9. The highest BCUT2D eigenvalue weighted by atomic mass is 16.5. The number of ether oxygens (including phenoxy) is 4. The van der Waals surface area contributed by atoms with E-state index < -0.39 is 17.8 Å². The first-order valence-corrected chi connectivity index (χ1v) is 13.4. The van der Waals surface area contributed by atoms with Crippen LogP contribution in [0.1, 0.15) is 36.0 Å². The average Bonchev–Trinajstić information content (AvgIpc) is 3.00. The molecule has 212 valence electrons. The Hall–Kier alpha value is -4.07. The topological polar surface area (TPSA) is 86.3 Å². The van der Waals surface area contributed by atoms with Crippen LogP contribution >= 0.6 is 0 Å². The quantitative estimate of drug-likeness (QED) is 0.130. The molecule has 0 radical (unpaired) electrons. The van der Waals surface area contributed by atoms with Gasteiger partial charge in [-0.3, -0.25) is 0 Å². The van der Waals surface area contributed by atoms with Crippen LogP contribution in [-0.4, -0.2) is 51.3 Å². The number of aliphatic hydroxyl groups is 1. The number of hydrogen-bond donors (Lipinski definition) is 2. The molecule has 1 amide bonds. The van der Waals surface area contributed by atoms with E-state index in [0.717, 1.165) is 28.2 Å². The van der Waals surface area contributed by atoms with Crippen molar-refractivity contribution in [1.82, 2.24) is 5.32 Å². The molecule has 3 aromatic rings. The molecule has 0 aliphatic rings. The largest absolute Gasteiger partial charge is 0.497 e. The SMILES string of the molecule is C=C/C=C/CCOC(=O)NCC[C@@H](O)CCOC(c1ccccc1)(c1ccc(OC)cc1)c1ccc(OC)cc1. The number of benzene rings is 3. The Kier molecular flexibility index (Phi) is 12.3. The van der Waals surface area contributed by atoms with Gasteiger partial charge in [0.25, 0.3) is 0 Å². The molecule has 3 rings (SSSR count). The summed E-state index contributed by atoms with van der Waals surface area (Å²) in [5, 5.41) is 13.3. The van der Waals surface area contributed by atoms with Crippen molar-refractivity contribution in [3.8, 4) is 11.5 Å². The molecule has 0 fully saturated rings. The van der Waals surface area contributed by atoms with Gasteiger partial charge < -0.3 is 29.4 Å². The molecule has 0 aliphatic heterocycles. The van der Waals surface area contributed by atoms with Crippen molar-refractivity contribution in [3.05, 3.63) is 120 Å². The van der Waals surface area contributed by atoms with E-state index in [1.54, 1.807) is 26.4 Å². The Labute approximate surface area is 237 Å². The summed E-state index contributed by atoms with van der Waals surface area (Å²) in [6, 6.07) is 25.6. The molecular formula is C33H39NO6. The minimum absolute atomic E-state index is 0.272. The Bertz CT molecular complexity index is 1140. The number of allylic oxidation sites excluding steroid dienone is 2. The molecule has 0 heterocycles. The van der Waals surface area contributed by atoms with Crippen LogP contribution in [0.4, 0.5) is 4.79 Å². The molecule has 40 heavy (non-hydrogen) atoms. The number of alkyl carbamates (subject to hydrolysis) is 1. The molecule has 0 unspecified atom stereocenters. The maximum Gasteiger partial charge on any atom is 0.407 e. The second-order valence-electron chi connectivity index (χ2n) is 9.10. The second kappa shape index (κ2) is 16.1.